The first-order valence-corrected chi connectivity index (χ1v) is 8.88. The van der Waals surface area contributed by atoms with Crippen LogP contribution in [-0.4, -0.2) is 25.3 Å². The number of rotatable bonds is 7. The SMILES string of the molecule is CC1CC(OCCNC(C2CC2)C2CC2)CC(C)(C)C1. The highest BCUT2D eigenvalue weighted by atomic mass is 16.5. The first kappa shape index (κ1) is 14.8. The van der Waals surface area contributed by atoms with Gasteiger partial charge in [0.1, 0.15) is 0 Å². The zero-order chi connectivity index (χ0) is 14.2. The Kier molecular flexibility index (Phi) is 4.42. The maximum absolute atomic E-state index is 6.18. The lowest BCUT2D eigenvalue weighted by Crippen LogP contribution is -2.38. The molecule has 2 nitrogen and oxygen atoms in total. The molecule has 2 atom stereocenters. The van der Waals surface area contributed by atoms with E-state index < -0.39 is 0 Å². The summed E-state index contributed by atoms with van der Waals surface area (Å²) in [5, 5.41) is 3.79. The van der Waals surface area contributed by atoms with E-state index in [9.17, 15) is 0 Å². The number of nitrogens with one attached hydrogen (secondary N) is 1. The zero-order valence-corrected chi connectivity index (χ0v) is 13.7. The maximum atomic E-state index is 6.18. The molecule has 0 aromatic rings. The molecule has 0 heterocycles. The molecule has 0 spiro atoms. The molecular formula is C18H33NO. The Hall–Kier alpha value is -0.0800. The van der Waals surface area contributed by atoms with E-state index in [1.165, 1.54) is 44.9 Å². The molecule has 0 aromatic carbocycles. The Balaban J connectivity index is 1.34. The first-order valence-electron chi connectivity index (χ1n) is 8.88. The van der Waals surface area contributed by atoms with Gasteiger partial charge in [0.15, 0.2) is 0 Å². The molecule has 0 aromatic heterocycles. The zero-order valence-electron chi connectivity index (χ0n) is 13.7. The van der Waals surface area contributed by atoms with Crippen molar-refractivity contribution in [2.24, 2.45) is 23.2 Å². The lowest BCUT2D eigenvalue weighted by Gasteiger charge is -2.38. The molecule has 0 bridgehead atoms. The van der Waals surface area contributed by atoms with Gasteiger partial charge in [-0.2, -0.15) is 0 Å². The summed E-state index contributed by atoms with van der Waals surface area (Å²) in [6.45, 7) is 9.14. The van der Waals surface area contributed by atoms with Crippen LogP contribution in [0, 0.1) is 23.2 Å². The van der Waals surface area contributed by atoms with Crippen LogP contribution in [0.1, 0.15) is 65.7 Å². The van der Waals surface area contributed by atoms with Crippen molar-refractivity contribution in [3.05, 3.63) is 0 Å². The van der Waals surface area contributed by atoms with Crippen molar-refractivity contribution in [2.75, 3.05) is 13.2 Å². The summed E-state index contributed by atoms with van der Waals surface area (Å²) in [4.78, 5) is 0. The second-order valence-electron chi connectivity index (χ2n) is 8.56. The molecule has 2 unspecified atom stereocenters. The predicted octanol–water partition coefficient (Wildman–Crippen LogP) is 4.00. The van der Waals surface area contributed by atoms with Crippen molar-refractivity contribution in [2.45, 2.75) is 77.9 Å². The minimum atomic E-state index is 0.473. The van der Waals surface area contributed by atoms with Crippen molar-refractivity contribution >= 4 is 0 Å². The Labute approximate surface area is 125 Å². The Bertz CT molecular complexity index is 307. The molecule has 1 N–H and O–H groups in total. The van der Waals surface area contributed by atoms with Gasteiger partial charge in [0.05, 0.1) is 12.7 Å². The molecule has 0 amide bonds. The maximum Gasteiger partial charge on any atom is 0.0594 e. The molecule has 3 aliphatic carbocycles. The van der Waals surface area contributed by atoms with Crippen molar-refractivity contribution in [1.29, 1.82) is 0 Å². The average Bonchev–Trinajstić information content (AvgIpc) is 3.21. The highest BCUT2D eigenvalue weighted by molar-refractivity contribution is 4.96. The molecule has 20 heavy (non-hydrogen) atoms. The minimum absolute atomic E-state index is 0.473. The molecule has 2 heteroatoms. The highest BCUT2D eigenvalue weighted by Crippen LogP contribution is 2.44. The van der Waals surface area contributed by atoms with E-state index in [1.54, 1.807) is 0 Å². The Morgan fingerprint density at radius 2 is 1.75 bits per heavy atom. The highest BCUT2D eigenvalue weighted by Gasteiger charge is 2.41. The third kappa shape index (κ3) is 4.21. The van der Waals surface area contributed by atoms with Crippen LogP contribution < -0.4 is 5.32 Å². The van der Waals surface area contributed by atoms with Gasteiger partial charge in [0.25, 0.3) is 0 Å². The average molecular weight is 279 g/mol. The molecule has 3 rings (SSSR count). The van der Waals surface area contributed by atoms with E-state index in [-0.39, 0.29) is 0 Å². The van der Waals surface area contributed by atoms with Crippen molar-refractivity contribution < 1.29 is 4.74 Å². The lowest BCUT2D eigenvalue weighted by molar-refractivity contribution is -0.0221. The summed E-state index contributed by atoms with van der Waals surface area (Å²) in [5.41, 5.74) is 0.473. The van der Waals surface area contributed by atoms with E-state index >= 15 is 0 Å². The molecule has 0 saturated heterocycles. The molecule has 3 fully saturated rings. The second-order valence-corrected chi connectivity index (χ2v) is 8.56. The van der Waals surface area contributed by atoms with Gasteiger partial charge in [-0.1, -0.05) is 20.8 Å². The van der Waals surface area contributed by atoms with Crippen LogP contribution in [-0.2, 0) is 4.74 Å². The number of hydrogen-bond donors (Lipinski definition) is 1. The quantitative estimate of drug-likeness (QED) is 0.711. The number of hydrogen-bond acceptors (Lipinski definition) is 2. The van der Waals surface area contributed by atoms with Crippen LogP contribution in [0.2, 0.25) is 0 Å². The van der Waals surface area contributed by atoms with Gasteiger partial charge in [0, 0.05) is 12.6 Å². The van der Waals surface area contributed by atoms with E-state index in [0.717, 1.165) is 36.9 Å². The first-order chi connectivity index (χ1) is 9.53. The van der Waals surface area contributed by atoms with Crippen LogP contribution in [0.5, 0.6) is 0 Å². The monoisotopic (exact) mass is 279 g/mol. The number of ether oxygens (including phenoxy) is 1. The Morgan fingerprint density at radius 3 is 2.30 bits per heavy atom. The summed E-state index contributed by atoms with van der Waals surface area (Å²) >= 11 is 0. The fourth-order valence-corrected chi connectivity index (χ4v) is 4.47. The molecular weight excluding hydrogens is 246 g/mol. The summed E-state index contributed by atoms with van der Waals surface area (Å²) in [7, 11) is 0. The van der Waals surface area contributed by atoms with Crippen molar-refractivity contribution in [3.8, 4) is 0 Å². The Morgan fingerprint density at radius 1 is 1.10 bits per heavy atom. The van der Waals surface area contributed by atoms with Crippen molar-refractivity contribution in [3.63, 3.8) is 0 Å². The van der Waals surface area contributed by atoms with E-state index in [1.807, 2.05) is 0 Å². The minimum Gasteiger partial charge on any atom is -0.377 e. The standard InChI is InChI=1S/C18H33NO/c1-13-10-16(12-18(2,3)11-13)20-9-8-19-17(14-4-5-14)15-6-7-15/h13-17,19H,4-12H2,1-3H3. The smallest absolute Gasteiger partial charge is 0.0594 e. The summed E-state index contributed by atoms with van der Waals surface area (Å²) in [6.07, 6.45) is 10.2. The second kappa shape index (κ2) is 5.96. The molecule has 0 aliphatic heterocycles. The largest absolute Gasteiger partial charge is 0.377 e. The van der Waals surface area contributed by atoms with Crippen LogP contribution >= 0.6 is 0 Å². The molecule has 116 valence electrons. The van der Waals surface area contributed by atoms with Gasteiger partial charge in [0.2, 0.25) is 0 Å². The van der Waals surface area contributed by atoms with Crippen LogP contribution in [0.25, 0.3) is 0 Å². The normalized spacial score (nSPS) is 33.6. The van der Waals surface area contributed by atoms with Gasteiger partial charge in [-0.3, -0.25) is 0 Å². The fraction of sp³-hybridized carbons (Fsp3) is 1.00. The van der Waals surface area contributed by atoms with Gasteiger partial charge >= 0.3 is 0 Å². The fourth-order valence-electron chi connectivity index (χ4n) is 4.47. The van der Waals surface area contributed by atoms with E-state index in [4.69, 9.17) is 4.74 Å². The van der Waals surface area contributed by atoms with Crippen LogP contribution in [0.4, 0.5) is 0 Å². The third-order valence-corrected chi connectivity index (χ3v) is 5.44. The lowest BCUT2D eigenvalue weighted by atomic mass is 9.71. The third-order valence-electron chi connectivity index (χ3n) is 5.44. The van der Waals surface area contributed by atoms with Crippen LogP contribution in [0.15, 0.2) is 0 Å². The molecule has 0 radical (unpaired) electrons. The van der Waals surface area contributed by atoms with Crippen molar-refractivity contribution in [1.82, 2.24) is 5.32 Å². The van der Waals surface area contributed by atoms with E-state index in [0.29, 0.717) is 11.5 Å². The summed E-state index contributed by atoms with van der Waals surface area (Å²) in [6, 6.07) is 0.820. The molecule has 3 aliphatic rings. The summed E-state index contributed by atoms with van der Waals surface area (Å²) in [5.74, 6) is 2.81. The summed E-state index contributed by atoms with van der Waals surface area (Å²) < 4.78 is 6.18. The van der Waals surface area contributed by atoms with Gasteiger partial charge in [-0.05, 0) is 68.1 Å². The van der Waals surface area contributed by atoms with Gasteiger partial charge in [-0.15, -0.1) is 0 Å². The van der Waals surface area contributed by atoms with E-state index in [2.05, 4.69) is 26.1 Å². The predicted molar refractivity (Wildman–Crippen MR) is 83.8 cm³/mol. The molecule has 3 saturated carbocycles. The van der Waals surface area contributed by atoms with Crippen LogP contribution in [0.3, 0.4) is 0 Å². The van der Waals surface area contributed by atoms with Gasteiger partial charge in [-0.25, -0.2) is 0 Å². The van der Waals surface area contributed by atoms with Gasteiger partial charge < -0.3 is 10.1 Å². The topological polar surface area (TPSA) is 21.3 Å².